The molecule has 17 heavy (non-hydrogen) atoms. The number of furan rings is 1. The molecule has 0 amide bonds. The first-order valence-corrected chi connectivity index (χ1v) is 5.72. The van der Waals surface area contributed by atoms with E-state index >= 15 is 0 Å². The Bertz CT molecular complexity index is 484. The summed E-state index contributed by atoms with van der Waals surface area (Å²) in [6, 6.07) is 6.92. The van der Waals surface area contributed by atoms with E-state index in [9.17, 15) is 4.39 Å². The molecule has 1 N–H and O–H groups in total. The van der Waals surface area contributed by atoms with Gasteiger partial charge in [0.25, 0.3) is 0 Å². The predicted octanol–water partition coefficient (Wildman–Crippen LogP) is 3.58. The van der Waals surface area contributed by atoms with Gasteiger partial charge in [-0.05, 0) is 31.2 Å². The van der Waals surface area contributed by atoms with Gasteiger partial charge in [-0.25, -0.2) is 4.39 Å². The molecule has 90 valence electrons. The number of hydrogen-bond donors (Lipinski definition) is 1. The van der Waals surface area contributed by atoms with E-state index in [1.54, 1.807) is 30.7 Å². The third-order valence-corrected chi connectivity index (χ3v) is 3.04. The molecule has 0 bridgehead atoms. The standard InChI is InChI=1S/C13H13ClFNO/c1-16-12(10-5-6-17-8-10)7-9-3-2-4-11(14)13(9)15/h2-6,8,12,16H,7H2,1H3. The van der Waals surface area contributed by atoms with Crippen molar-refractivity contribution in [1.82, 2.24) is 5.32 Å². The van der Waals surface area contributed by atoms with Crippen LogP contribution in [0.15, 0.2) is 41.2 Å². The zero-order chi connectivity index (χ0) is 12.3. The summed E-state index contributed by atoms with van der Waals surface area (Å²) in [5.41, 5.74) is 1.59. The minimum absolute atomic E-state index is 0.0155. The average molecular weight is 254 g/mol. The van der Waals surface area contributed by atoms with E-state index in [1.165, 1.54) is 0 Å². The lowest BCUT2D eigenvalue weighted by Gasteiger charge is -2.15. The van der Waals surface area contributed by atoms with Crippen LogP contribution < -0.4 is 5.32 Å². The van der Waals surface area contributed by atoms with Crippen LogP contribution in [0.3, 0.4) is 0 Å². The van der Waals surface area contributed by atoms with E-state index in [2.05, 4.69) is 5.32 Å². The summed E-state index contributed by atoms with van der Waals surface area (Å²) < 4.78 is 18.8. The van der Waals surface area contributed by atoms with Gasteiger partial charge in [-0.15, -0.1) is 0 Å². The van der Waals surface area contributed by atoms with Crippen LogP contribution in [0, 0.1) is 5.82 Å². The van der Waals surface area contributed by atoms with Gasteiger partial charge in [0.05, 0.1) is 17.5 Å². The third-order valence-electron chi connectivity index (χ3n) is 2.75. The first kappa shape index (κ1) is 12.1. The molecule has 1 atom stereocenters. The van der Waals surface area contributed by atoms with Crippen molar-refractivity contribution in [2.24, 2.45) is 0 Å². The van der Waals surface area contributed by atoms with Crippen molar-refractivity contribution in [3.8, 4) is 0 Å². The van der Waals surface area contributed by atoms with Crippen LogP contribution >= 0.6 is 11.6 Å². The molecule has 0 saturated carbocycles. The summed E-state index contributed by atoms with van der Waals surface area (Å²) in [5, 5.41) is 3.29. The highest BCUT2D eigenvalue weighted by Crippen LogP contribution is 2.23. The largest absolute Gasteiger partial charge is 0.472 e. The van der Waals surface area contributed by atoms with Gasteiger partial charge >= 0.3 is 0 Å². The van der Waals surface area contributed by atoms with Gasteiger partial charge in [-0.3, -0.25) is 0 Å². The van der Waals surface area contributed by atoms with Gasteiger partial charge in [0.15, 0.2) is 0 Å². The fourth-order valence-electron chi connectivity index (χ4n) is 1.79. The molecule has 0 aliphatic heterocycles. The van der Waals surface area contributed by atoms with Gasteiger partial charge in [0.1, 0.15) is 5.82 Å². The number of nitrogens with one attached hydrogen (secondary N) is 1. The monoisotopic (exact) mass is 253 g/mol. The first-order chi connectivity index (χ1) is 8.22. The van der Waals surface area contributed by atoms with Gasteiger partial charge in [-0.2, -0.15) is 0 Å². The van der Waals surface area contributed by atoms with Crippen LogP contribution in [0.2, 0.25) is 5.02 Å². The molecule has 0 saturated heterocycles. The first-order valence-electron chi connectivity index (χ1n) is 5.34. The highest BCUT2D eigenvalue weighted by Gasteiger charge is 2.14. The van der Waals surface area contributed by atoms with Crippen LogP contribution in [0.5, 0.6) is 0 Å². The van der Waals surface area contributed by atoms with E-state index < -0.39 is 0 Å². The van der Waals surface area contributed by atoms with Gasteiger partial charge in [-0.1, -0.05) is 23.7 Å². The molecule has 0 fully saturated rings. The third kappa shape index (κ3) is 2.68. The number of halogens is 2. The van der Waals surface area contributed by atoms with Gasteiger partial charge in [0, 0.05) is 11.6 Å². The molecule has 4 heteroatoms. The predicted molar refractivity (Wildman–Crippen MR) is 65.6 cm³/mol. The Morgan fingerprint density at radius 2 is 2.24 bits per heavy atom. The summed E-state index contributed by atoms with van der Waals surface area (Å²) in [5.74, 6) is -0.349. The summed E-state index contributed by atoms with van der Waals surface area (Å²) in [4.78, 5) is 0. The zero-order valence-corrected chi connectivity index (χ0v) is 10.2. The lowest BCUT2D eigenvalue weighted by atomic mass is 10.0. The van der Waals surface area contributed by atoms with Crippen LogP contribution in [0.4, 0.5) is 4.39 Å². The van der Waals surface area contributed by atoms with Crippen LogP contribution in [0.1, 0.15) is 17.2 Å². The molecule has 0 aliphatic carbocycles. The highest BCUT2D eigenvalue weighted by molar-refractivity contribution is 6.30. The lowest BCUT2D eigenvalue weighted by molar-refractivity contribution is 0.531. The zero-order valence-electron chi connectivity index (χ0n) is 9.41. The molecule has 1 aromatic heterocycles. The normalized spacial score (nSPS) is 12.6. The maximum absolute atomic E-state index is 13.8. The lowest BCUT2D eigenvalue weighted by Crippen LogP contribution is -2.18. The van der Waals surface area contributed by atoms with Gasteiger partial charge < -0.3 is 9.73 Å². The Morgan fingerprint density at radius 3 is 2.88 bits per heavy atom. The highest BCUT2D eigenvalue weighted by atomic mass is 35.5. The van der Waals surface area contributed by atoms with E-state index in [-0.39, 0.29) is 16.9 Å². The fourth-order valence-corrected chi connectivity index (χ4v) is 1.98. The molecular weight excluding hydrogens is 241 g/mol. The van der Waals surface area contributed by atoms with Crippen molar-refractivity contribution in [2.45, 2.75) is 12.5 Å². The second-order valence-electron chi connectivity index (χ2n) is 3.82. The second-order valence-corrected chi connectivity index (χ2v) is 4.22. The van der Waals surface area contributed by atoms with E-state index in [1.807, 2.05) is 13.1 Å². The quantitative estimate of drug-likeness (QED) is 0.901. The van der Waals surface area contributed by atoms with Gasteiger partial charge in [0.2, 0.25) is 0 Å². The summed E-state index contributed by atoms with van der Waals surface area (Å²) in [7, 11) is 1.83. The van der Waals surface area contributed by atoms with Crippen molar-refractivity contribution in [1.29, 1.82) is 0 Å². The average Bonchev–Trinajstić information content (AvgIpc) is 2.85. The van der Waals surface area contributed by atoms with Crippen LogP contribution in [0.25, 0.3) is 0 Å². The minimum atomic E-state index is -0.349. The molecule has 0 radical (unpaired) electrons. The number of likely N-dealkylation sites (N-methyl/N-ethyl adjacent to an activating group) is 1. The molecule has 1 heterocycles. The molecule has 1 unspecified atom stereocenters. The number of benzene rings is 1. The summed E-state index contributed by atoms with van der Waals surface area (Å²) in [6.07, 6.45) is 3.79. The van der Waals surface area contributed by atoms with Crippen molar-refractivity contribution in [3.05, 3.63) is 58.8 Å². The van der Waals surface area contributed by atoms with E-state index in [4.69, 9.17) is 16.0 Å². The minimum Gasteiger partial charge on any atom is -0.472 e. The number of hydrogen-bond acceptors (Lipinski definition) is 2. The molecule has 1 aromatic carbocycles. The van der Waals surface area contributed by atoms with Crippen LogP contribution in [-0.4, -0.2) is 7.05 Å². The SMILES string of the molecule is CNC(Cc1cccc(Cl)c1F)c1ccoc1. The molecule has 2 rings (SSSR count). The Morgan fingerprint density at radius 1 is 1.41 bits per heavy atom. The molecular formula is C13H13ClFNO. The Balaban J connectivity index is 2.22. The van der Waals surface area contributed by atoms with Crippen molar-refractivity contribution in [2.75, 3.05) is 7.05 Å². The van der Waals surface area contributed by atoms with E-state index in [0.29, 0.717) is 12.0 Å². The maximum atomic E-state index is 13.8. The number of rotatable bonds is 4. The fraction of sp³-hybridized carbons (Fsp3) is 0.231. The molecule has 2 nitrogen and oxygen atoms in total. The topological polar surface area (TPSA) is 25.2 Å². The van der Waals surface area contributed by atoms with Crippen LogP contribution in [-0.2, 0) is 6.42 Å². The maximum Gasteiger partial charge on any atom is 0.145 e. The summed E-state index contributed by atoms with van der Waals surface area (Å²) in [6.45, 7) is 0. The van der Waals surface area contributed by atoms with Crippen molar-refractivity contribution in [3.63, 3.8) is 0 Å². The molecule has 2 aromatic rings. The van der Waals surface area contributed by atoms with E-state index in [0.717, 1.165) is 5.56 Å². The summed E-state index contributed by atoms with van der Waals surface area (Å²) >= 11 is 5.75. The Hall–Kier alpha value is -1.32. The second kappa shape index (κ2) is 5.34. The van der Waals surface area contributed by atoms with Crippen molar-refractivity contribution >= 4 is 11.6 Å². The smallest absolute Gasteiger partial charge is 0.145 e. The Labute approximate surface area is 104 Å². The molecule has 0 aliphatic rings. The Kier molecular flexibility index (Phi) is 3.82. The molecule has 0 spiro atoms. The van der Waals surface area contributed by atoms with Crippen molar-refractivity contribution < 1.29 is 8.81 Å².